The van der Waals surface area contributed by atoms with Crippen molar-refractivity contribution in [3.63, 3.8) is 0 Å². The molecule has 1 aromatic rings. The summed E-state index contributed by atoms with van der Waals surface area (Å²) in [5.74, 6) is 3.34. The Morgan fingerprint density at radius 1 is 1.06 bits per heavy atom. The van der Waals surface area contributed by atoms with E-state index in [4.69, 9.17) is 44.6 Å². The van der Waals surface area contributed by atoms with Crippen LogP contribution in [0.3, 0.4) is 0 Å². The molecule has 178 valence electrons. The van der Waals surface area contributed by atoms with Crippen LogP contribution in [0.15, 0.2) is 12.1 Å². The van der Waals surface area contributed by atoms with E-state index < -0.39 is 10.1 Å². The largest absolute Gasteiger partial charge is 0.490 e. The number of rotatable bonds is 13. The van der Waals surface area contributed by atoms with Gasteiger partial charge in [0.2, 0.25) is 0 Å². The van der Waals surface area contributed by atoms with E-state index in [1.54, 1.807) is 12.1 Å². The lowest BCUT2D eigenvalue weighted by atomic mass is 10.1. The van der Waals surface area contributed by atoms with Crippen LogP contribution in [0.5, 0.6) is 5.75 Å². The van der Waals surface area contributed by atoms with Crippen LogP contribution in [0, 0.1) is 12.3 Å². The molecular formula is C22H37Cl2N2O4S+. The molecule has 0 atom stereocenters. The SMILES string of the molecule is C#CCC[N+](CCCC)(CCCC)CCCOc1c(Cl)cc(N)cc1Cl.CS(=O)(=O)O. The topological polar surface area (TPSA) is 89.6 Å². The molecule has 0 aliphatic carbocycles. The second-order valence-corrected chi connectivity index (χ2v) is 9.93. The minimum absolute atomic E-state index is 0.458. The number of unbranched alkanes of at least 4 members (excludes halogenated alkanes) is 2. The van der Waals surface area contributed by atoms with Crippen molar-refractivity contribution in [2.75, 3.05) is 44.8 Å². The number of hydrogen-bond acceptors (Lipinski definition) is 4. The molecule has 0 unspecified atom stereocenters. The lowest BCUT2D eigenvalue weighted by Gasteiger charge is -2.39. The highest BCUT2D eigenvalue weighted by Gasteiger charge is 2.25. The summed E-state index contributed by atoms with van der Waals surface area (Å²) < 4.78 is 32.8. The summed E-state index contributed by atoms with van der Waals surface area (Å²) in [7, 11) is -3.67. The molecule has 31 heavy (non-hydrogen) atoms. The molecule has 6 nitrogen and oxygen atoms in total. The van der Waals surface area contributed by atoms with Gasteiger partial charge in [0.25, 0.3) is 10.1 Å². The Morgan fingerprint density at radius 2 is 1.52 bits per heavy atom. The molecule has 0 radical (unpaired) electrons. The number of nitrogens with two attached hydrogens (primary N) is 1. The van der Waals surface area contributed by atoms with Gasteiger partial charge >= 0.3 is 0 Å². The number of terminal acetylenes is 1. The van der Waals surface area contributed by atoms with Crippen LogP contribution in [0.1, 0.15) is 52.4 Å². The lowest BCUT2D eigenvalue weighted by molar-refractivity contribution is -0.928. The van der Waals surface area contributed by atoms with E-state index in [1.165, 1.54) is 38.8 Å². The van der Waals surface area contributed by atoms with Gasteiger partial charge in [-0.05, 0) is 25.0 Å². The van der Waals surface area contributed by atoms with Crippen molar-refractivity contribution in [1.82, 2.24) is 0 Å². The molecule has 0 heterocycles. The Bertz CT molecular complexity index is 756. The van der Waals surface area contributed by atoms with E-state index in [-0.39, 0.29) is 0 Å². The molecule has 0 aliphatic heterocycles. The zero-order valence-electron chi connectivity index (χ0n) is 18.9. The molecule has 0 amide bonds. The number of halogens is 2. The molecule has 1 rings (SSSR count). The predicted molar refractivity (Wildman–Crippen MR) is 131 cm³/mol. The molecule has 0 saturated heterocycles. The fraction of sp³-hybridized carbons (Fsp3) is 0.636. The molecule has 1 aromatic carbocycles. The number of nitrogens with zero attached hydrogens (tertiary/aromatic N) is 1. The van der Waals surface area contributed by atoms with Crippen LogP contribution in [0.25, 0.3) is 0 Å². The van der Waals surface area contributed by atoms with Gasteiger partial charge in [-0.15, -0.1) is 12.3 Å². The molecule has 0 fully saturated rings. The number of anilines is 1. The second kappa shape index (κ2) is 15.6. The van der Waals surface area contributed by atoms with Crippen LogP contribution in [-0.4, -0.2) is 56.5 Å². The molecule has 0 saturated carbocycles. The first-order valence-corrected chi connectivity index (χ1v) is 13.2. The third-order valence-corrected chi connectivity index (χ3v) is 5.31. The van der Waals surface area contributed by atoms with Crippen LogP contribution >= 0.6 is 23.2 Å². The van der Waals surface area contributed by atoms with Gasteiger partial charge in [0.15, 0.2) is 5.75 Å². The molecular weight excluding hydrogens is 459 g/mol. The highest BCUT2D eigenvalue weighted by atomic mass is 35.5. The van der Waals surface area contributed by atoms with Gasteiger partial charge in [0.1, 0.15) is 0 Å². The van der Waals surface area contributed by atoms with Crippen molar-refractivity contribution >= 4 is 39.0 Å². The zero-order chi connectivity index (χ0) is 23.9. The summed E-state index contributed by atoms with van der Waals surface area (Å²) in [6.45, 7) is 9.53. The predicted octanol–water partition coefficient (Wildman–Crippen LogP) is 5.29. The minimum Gasteiger partial charge on any atom is -0.490 e. The van der Waals surface area contributed by atoms with Gasteiger partial charge in [-0.25, -0.2) is 0 Å². The Labute approximate surface area is 198 Å². The Kier molecular flexibility index (Phi) is 15.0. The zero-order valence-corrected chi connectivity index (χ0v) is 21.2. The smallest absolute Gasteiger partial charge is 0.261 e. The van der Waals surface area contributed by atoms with Crippen molar-refractivity contribution in [2.24, 2.45) is 0 Å². The molecule has 0 bridgehead atoms. The third kappa shape index (κ3) is 14.5. The van der Waals surface area contributed by atoms with Gasteiger partial charge < -0.3 is 15.0 Å². The number of quaternary nitrogens is 1. The van der Waals surface area contributed by atoms with Crippen molar-refractivity contribution in [3.05, 3.63) is 22.2 Å². The molecule has 0 spiro atoms. The van der Waals surface area contributed by atoms with E-state index in [0.29, 0.717) is 34.3 Å². The summed E-state index contributed by atoms with van der Waals surface area (Å²) in [4.78, 5) is 0. The number of hydrogen-bond donors (Lipinski definition) is 2. The summed E-state index contributed by atoms with van der Waals surface area (Å²) in [6.07, 6.45) is 12.9. The summed E-state index contributed by atoms with van der Waals surface area (Å²) in [5.41, 5.74) is 6.28. The Balaban J connectivity index is 0.00000161. The van der Waals surface area contributed by atoms with Crippen molar-refractivity contribution in [1.29, 1.82) is 0 Å². The molecule has 9 heteroatoms. The van der Waals surface area contributed by atoms with Crippen LogP contribution in [0.4, 0.5) is 5.69 Å². The van der Waals surface area contributed by atoms with Gasteiger partial charge in [-0.1, -0.05) is 49.9 Å². The van der Waals surface area contributed by atoms with E-state index in [9.17, 15) is 8.42 Å². The van der Waals surface area contributed by atoms with Crippen LogP contribution in [-0.2, 0) is 10.1 Å². The van der Waals surface area contributed by atoms with E-state index >= 15 is 0 Å². The number of benzene rings is 1. The van der Waals surface area contributed by atoms with Crippen LogP contribution < -0.4 is 10.5 Å². The van der Waals surface area contributed by atoms with Gasteiger partial charge in [-0.2, -0.15) is 8.42 Å². The van der Waals surface area contributed by atoms with Crippen molar-refractivity contribution < 1.29 is 22.2 Å². The first-order chi connectivity index (χ1) is 14.5. The van der Waals surface area contributed by atoms with Gasteiger partial charge in [-0.3, -0.25) is 4.55 Å². The molecule has 0 aliphatic rings. The average molecular weight is 497 g/mol. The minimum atomic E-state index is -3.67. The normalized spacial score (nSPS) is 11.4. The number of ether oxygens (including phenoxy) is 1. The van der Waals surface area contributed by atoms with E-state index in [2.05, 4.69) is 19.8 Å². The third-order valence-electron chi connectivity index (χ3n) is 4.75. The van der Waals surface area contributed by atoms with Crippen molar-refractivity contribution in [2.45, 2.75) is 52.4 Å². The highest BCUT2D eigenvalue weighted by molar-refractivity contribution is 7.85. The Hall–Kier alpha value is -1.17. The second-order valence-electron chi connectivity index (χ2n) is 7.65. The number of nitrogen functional groups attached to an aromatic ring is 1. The summed E-state index contributed by atoms with van der Waals surface area (Å²) >= 11 is 12.4. The highest BCUT2D eigenvalue weighted by Crippen LogP contribution is 2.35. The lowest BCUT2D eigenvalue weighted by Crippen LogP contribution is -2.51. The quantitative estimate of drug-likeness (QED) is 0.127. The Morgan fingerprint density at radius 3 is 1.94 bits per heavy atom. The van der Waals surface area contributed by atoms with Gasteiger partial charge in [0.05, 0.1) is 55.5 Å². The standard InChI is InChI=1S/C21H33Cl2N2O.CH4O3S/c1-4-7-11-25(12-8-5-2,13-9-6-3)14-10-15-26-21-19(22)16-18(24)17-20(21)23;1-5(2,3)4/h1,16-17H,5-15,24H2,2-3H3;1H3,(H,2,3,4)/q+1;. The van der Waals surface area contributed by atoms with Crippen LogP contribution in [0.2, 0.25) is 10.0 Å². The van der Waals surface area contributed by atoms with Gasteiger partial charge in [0, 0.05) is 12.1 Å². The maximum atomic E-state index is 9.19. The summed E-state index contributed by atoms with van der Waals surface area (Å²) in [5, 5.41) is 0.917. The fourth-order valence-electron chi connectivity index (χ4n) is 3.25. The first kappa shape index (κ1) is 29.8. The molecule has 3 N–H and O–H groups in total. The maximum absolute atomic E-state index is 9.19. The van der Waals surface area contributed by atoms with E-state index in [1.807, 2.05) is 0 Å². The monoisotopic (exact) mass is 495 g/mol. The molecule has 0 aromatic heterocycles. The van der Waals surface area contributed by atoms with E-state index in [0.717, 1.165) is 30.4 Å². The summed E-state index contributed by atoms with van der Waals surface area (Å²) in [6, 6.07) is 3.33. The van der Waals surface area contributed by atoms with Crippen molar-refractivity contribution in [3.8, 4) is 18.1 Å². The maximum Gasteiger partial charge on any atom is 0.261 e. The average Bonchev–Trinajstić information content (AvgIpc) is 2.66. The fourth-order valence-corrected chi connectivity index (χ4v) is 3.86. The first-order valence-electron chi connectivity index (χ1n) is 10.6.